The Labute approximate surface area is 142 Å². The van der Waals surface area contributed by atoms with Gasteiger partial charge in [-0.2, -0.15) is 0 Å². The maximum absolute atomic E-state index is 13.7. The monoisotopic (exact) mass is 345 g/mol. The molecule has 0 unspecified atom stereocenters. The first kappa shape index (κ1) is 16.1. The number of aromatic nitrogens is 2. The van der Waals surface area contributed by atoms with Crippen LogP contribution in [0.4, 0.5) is 10.1 Å². The number of aryl methyl sites for hydroxylation is 1. The molecular weight excluding hydrogens is 333 g/mol. The molecule has 0 bridgehead atoms. The van der Waals surface area contributed by atoms with E-state index in [2.05, 4.69) is 15.5 Å². The normalized spacial score (nSPS) is 10.6. The molecule has 0 aliphatic rings. The number of benzene rings is 2. The Hall–Kier alpha value is -2.73. The molecule has 0 aliphatic heterocycles. The Balaban J connectivity index is 1.69. The summed E-state index contributed by atoms with van der Waals surface area (Å²) >= 11 is 5.92. The number of nitrogens with zero attached hydrogens (tertiary/aromatic N) is 2. The molecule has 0 atom stereocenters. The molecular formula is C17H13ClFN3O2. The van der Waals surface area contributed by atoms with E-state index in [-0.39, 0.29) is 22.9 Å². The van der Waals surface area contributed by atoms with Gasteiger partial charge in [-0.1, -0.05) is 17.7 Å². The Kier molecular flexibility index (Phi) is 4.57. The molecule has 3 rings (SSSR count). The molecule has 122 valence electrons. The van der Waals surface area contributed by atoms with E-state index in [9.17, 15) is 9.18 Å². The number of hydrogen-bond donors (Lipinski definition) is 1. The summed E-state index contributed by atoms with van der Waals surface area (Å²) < 4.78 is 19.0. The molecule has 1 amide bonds. The molecule has 0 fully saturated rings. The van der Waals surface area contributed by atoms with Gasteiger partial charge in [0.15, 0.2) is 0 Å². The Bertz CT molecular complexity index is 858. The zero-order valence-corrected chi connectivity index (χ0v) is 13.5. The Morgan fingerprint density at radius 1 is 1.21 bits per heavy atom. The van der Waals surface area contributed by atoms with Crippen LogP contribution in [-0.4, -0.2) is 16.1 Å². The minimum atomic E-state index is -0.500. The number of amides is 1. The molecule has 1 N–H and O–H groups in total. The molecule has 0 saturated heterocycles. The fourth-order valence-electron chi connectivity index (χ4n) is 2.18. The third-order valence-electron chi connectivity index (χ3n) is 3.34. The van der Waals surface area contributed by atoms with Crippen LogP contribution in [-0.2, 0) is 11.2 Å². The fraction of sp³-hybridized carbons (Fsp3) is 0.118. The standard InChI is InChI=1S/C17H13ClFN3O2/c1-10-21-22-17(24-10)11-5-7-12(8-6-11)20-16(23)9-13-14(18)3-2-4-15(13)19/h2-8H,9H2,1H3,(H,20,23). The highest BCUT2D eigenvalue weighted by Crippen LogP contribution is 2.22. The van der Waals surface area contributed by atoms with Crippen molar-refractivity contribution in [3.05, 3.63) is 64.8 Å². The summed E-state index contributed by atoms with van der Waals surface area (Å²) in [6.07, 6.45) is -0.143. The van der Waals surface area contributed by atoms with Gasteiger partial charge in [-0.15, -0.1) is 10.2 Å². The van der Waals surface area contributed by atoms with Gasteiger partial charge in [0, 0.05) is 28.8 Å². The van der Waals surface area contributed by atoms with Crippen LogP contribution in [0.1, 0.15) is 11.5 Å². The molecule has 0 radical (unpaired) electrons. The summed E-state index contributed by atoms with van der Waals surface area (Å²) in [6, 6.07) is 11.2. The number of hydrogen-bond acceptors (Lipinski definition) is 4. The lowest BCUT2D eigenvalue weighted by molar-refractivity contribution is -0.115. The first-order valence-electron chi connectivity index (χ1n) is 7.16. The van der Waals surface area contributed by atoms with Crippen LogP contribution < -0.4 is 5.32 Å². The maximum Gasteiger partial charge on any atom is 0.247 e. The van der Waals surface area contributed by atoms with E-state index >= 15 is 0 Å². The van der Waals surface area contributed by atoms with Crippen LogP contribution in [0.15, 0.2) is 46.9 Å². The molecule has 0 spiro atoms. The van der Waals surface area contributed by atoms with Crippen molar-refractivity contribution in [1.82, 2.24) is 10.2 Å². The van der Waals surface area contributed by atoms with E-state index in [1.54, 1.807) is 37.3 Å². The number of carbonyl (C=O) groups excluding carboxylic acids is 1. The van der Waals surface area contributed by atoms with Gasteiger partial charge < -0.3 is 9.73 Å². The zero-order chi connectivity index (χ0) is 17.1. The molecule has 7 heteroatoms. The van der Waals surface area contributed by atoms with Gasteiger partial charge in [0.05, 0.1) is 6.42 Å². The largest absolute Gasteiger partial charge is 0.421 e. The Morgan fingerprint density at radius 3 is 2.58 bits per heavy atom. The SMILES string of the molecule is Cc1nnc(-c2ccc(NC(=O)Cc3c(F)cccc3Cl)cc2)o1. The van der Waals surface area contributed by atoms with E-state index in [1.807, 2.05) is 0 Å². The summed E-state index contributed by atoms with van der Waals surface area (Å²) in [7, 11) is 0. The summed E-state index contributed by atoms with van der Waals surface area (Å²) in [6.45, 7) is 1.71. The van der Waals surface area contributed by atoms with Crippen molar-refractivity contribution in [1.29, 1.82) is 0 Å². The third kappa shape index (κ3) is 3.60. The minimum absolute atomic E-state index is 0.143. The molecule has 5 nitrogen and oxygen atoms in total. The molecule has 0 saturated carbocycles. The molecule has 1 aromatic heterocycles. The first-order valence-corrected chi connectivity index (χ1v) is 7.54. The maximum atomic E-state index is 13.7. The summed E-state index contributed by atoms with van der Waals surface area (Å²) in [5, 5.41) is 10.6. The highest BCUT2D eigenvalue weighted by molar-refractivity contribution is 6.31. The topological polar surface area (TPSA) is 68.0 Å². The molecule has 1 heterocycles. The van der Waals surface area contributed by atoms with E-state index in [0.29, 0.717) is 17.5 Å². The van der Waals surface area contributed by atoms with E-state index in [0.717, 1.165) is 5.56 Å². The van der Waals surface area contributed by atoms with Crippen molar-refractivity contribution in [2.75, 3.05) is 5.32 Å². The van der Waals surface area contributed by atoms with Crippen LogP contribution in [0.25, 0.3) is 11.5 Å². The van der Waals surface area contributed by atoms with Crippen LogP contribution >= 0.6 is 11.6 Å². The third-order valence-corrected chi connectivity index (χ3v) is 3.69. The van der Waals surface area contributed by atoms with Gasteiger partial charge in [0.1, 0.15) is 5.82 Å². The second-order valence-electron chi connectivity index (χ2n) is 5.13. The summed E-state index contributed by atoms with van der Waals surface area (Å²) in [4.78, 5) is 12.1. The van der Waals surface area contributed by atoms with Gasteiger partial charge >= 0.3 is 0 Å². The van der Waals surface area contributed by atoms with Crippen molar-refractivity contribution in [2.24, 2.45) is 0 Å². The van der Waals surface area contributed by atoms with Crippen molar-refractivity contribution < 1.29 is 13.6 Å². The summed E-state index contributed by atoms with van der Waals surface area (Å²) in [5.41, 5.74) is 1.49. The summed E-state index contributed by atoms with van der Waals surface area (Å²) in [5.74, 6) is 0.0239. The van der Waals surface area contributed by atoms with E-state index in [4.69, 9.17) is 16.0 Å². The number of anilines is 1. The predicted octanol–water partition coefficient (Wildman–Crippen LogP) is 4.02. The van der Waals surface area contributed by atoms with Crippen molar-refractivity contribution in [3.8, 4) is 11.5 Å². The molecule has 24 heavy (non-hydrogen) atoms. The van der Waals surface area contributed by atoms with Crippen LogP contribution in [0.5, 0.6) is 0 Å². The number of halogens is 2. The average Bonchev–Trinajstić information content (AvgIpc) is 2.98. The second kappa shape index (κ2) is 6.80. The van der Waals surface area contributed by atoms with Crippen LogP contribution in [0.3, 0.4) is 0 Å². The highest BCUT2D eigenvalue weighted by atomic mass is 35.5. The molecule has 3 aromatic rings. The lowest BCUT2D eigenvalue weighted by Crippen LogP contribution is -2.15. The van der Waals surface area contributed by atoms with Gasteiger partial charge in [-0.25, -0.2) is 4.39 Å². The van der Waals surface area contributed by atoms with Gasteiger partial charge in [-0.3, -0.25) is 4.79 Å². The van der Waals surface area contributed by atoms with E-state index in [1.165, 1.54) is 12.1 Å². The zero-order valence-electron chi connectivity index (χ0n) is 12.7. The number of rotatable bonds is 4. The first-order chi connectivity index (χ1) is 11.5. The lowest BCUT2D eigenvalue weighted by Gasteiger charge is -2.08. The average molecular weight is 346 g/mol. The number of carbonyl (C=O) groups is 1. The lowest BCUT2D eigenvalue weighted by atomic mass is 10.1. The highest BCUT2D eigenvalue weighted by Gasteiger charge is 2.12. The molecule has 0 aliphatic carbocycles. The number of nitrogens with one attached hydrogen (secondary N) is 1. The van der Waals surface area contributed by atoms with Crippen molar-refractivity contribution in [2.45, 2.75) is 13.3 Å². The quantitative estimate of drug-likeness (QED) is 0.775. The van der Waals surface area contributed by atoms with Gasteiger partial charge in [0.25, 0.3) is 0 Å². The van der Waals surface area contributed by atoms with Gasteiger partial charge in [-0.05, 0) is 36.4 Å². The van der Waals surface area contributed by atoms with Crippen molar-refractivity contribution >= 4 is 23.2 Å². The van der Waals surface area contributed by atoms with Crippen LogP contribution in [0, 0.1) is 12.7 Å². The predicted molar refractivity (Wildman–Crippen MR) is 88.2 cm³/mol. The fourth-order valence-corrected chi connectivity index (χ4v) is 2.41. The van der Waals surface area contributed by atoms with E-state index < -0.39 is 5.82 Å². The molecule has 2 aromatic carbocycles. The second-order valence-corrected chi connectivity index (χ2v) is 5.54. The van der Waals surface area contributed by atoms with Gasteiger partial charge in [0.2, 0.25) is 17.7 Å². The Morgan fingerprint density at radius 2 is 1.96 bits per heavy atom. The van der Waals surface area contributed by atoms with Crippen LogP contribution in [0.2, 0.25) is 5.02 Å². The minimum Gasteiger partial charge on any atom is -0.421 e. The smallest absolute Gasteiger partial charge is 0.247 e. The van der Waals surface area contributed by atoms with Crippen molar-refractivity contribution in [3.63, 3.8) is 0 Å².